The lowest BCUT2D eigenvalue weighted by atomic mass is 10.2. The van der Waals surface area contributed by atoms with Gasteiger partial charge in [-0.2, -0.15) is 0 Å². The van der Waals surface area contributed by atoms with Crippen LogP contribution in [-0.4, -0.2) is 35.0 Å². The number of carbonyl (C=O) groups is 3. The first-order chi connectivity index (χ1) is 11.4. The Balaban J connectivity index is 2.08. The topological polar surface area (TPSA) is 66.5 Å². The Labute approximate surface area is 154 Å². The molecule has 0 radical (unpaired) electrons. The molecule has 3 amide bonds. The van der Waals surface area contributed by atoms with Gasteiger partial charge in [0.1, 0.15) is 6.54 Å². The Morgan fingerprint density at radius 3 is 2.75 bits per heavy atom. The van der Waals surface area contributed by atoms with Crippen LogP contribution < -0.4 is 5.32 Å². The average molecular weight is 387 g/mol. The van der Waals surface area contributed by atoms with E-state index in [0.717, 1.165) is 29.5 Å². The van der Waals surface area contributed by atoms with E-state index in [2.05, 4.69) is 5.32 Å². The molecule has 0 saturated carbocycles. The molecule has 0 spiro atoms. The van der Waals surface area contributed by atoms with Crippen LogP contribution >= 0.6 is 35.0 Å². The van der Waals surface area contributed by atoms with E-state index in [1.54, 1.807) is 18.2 Å². The maximum absolute atomic E-state index is 12.3. The fourth-order valence-corrected chi connectivity index (χ4v) is 3.29. The first-order valence-electron chi connectivity index (χ1n) is 7.39. The zero-order valence-electron chi connectivity index (χ0n) is 13.0. The van der Waals surface area contributed by atoms with E-state index in [4.69, 9.17) is 23.2 Å². The van der Waals surface area contributed by atoms with Gasteiger partial charge in [-0.25, -0.2) is 0 Å². The molecule has 2 rings (SSSR count). The summed E-state index contributed by atoms with van der Waals surface area (Å²) in [4.78, 5) is 37.3. The van der Waals surface area contributed by atoms with Crippen molar-refractivity contribution in [3.05, 3.63) is 38.7 Å². The van der Waals surface area contributed by atoms with Gasteiger partial charge in [-0.3, -0.25) is 19.3 Å². The van der Waals surface area contributed by atoms with E-state index in [-0.39, 0.29) is 17.4 Å². The molecule has 24 heavy (non-hydrogen) atoms. The molecular formula is C16H16Cl2N2O3S. The van der Waals surface area contributed by atoms with Crippen molar-refractivity contribution in [2.75, 3.05) is 13.1 Å². The van der Waals surface area contributed by atoms with Gasteiger partial charge in [-0.15, -0.1) is 0 Å². The molecule has 1 aliphatic rings. The van der Waals surface area contributed by atoms with Crippen molar-refractivity contribution < 1.29 is 14.4 Å². The fourth-order valence-electron chi connectivity index (χ4n) is 2.00. The van der Waals surface area contributed by atoms with Gasteiger partial charge in [-0.1, -0.05) is 42.6 Å². The molecule has 1 heterocycles. The van der Waals surface area contributed by atoms with Crippen molar-refractivity contribution in [1.29, 1.82) is 0 Å². The summed E-state index contributed by atoms with van der Waals surface area (Å²) in [5, 5.41) is 3.07. The lowest BCUT2D eigenvalue weighted by molar-refractivity contribution is -0.129. The summed E-state index contributed by atoms with van der Waals surface area (Å²) in [6.07, 6.45) is 3.33. The Bertz CT molecular complexity index is 707. The summed E-state index contributed by atoms with van der Waals surface area (Å²) < 4.78 is 0. The Hall–Kier alpha value is -1.50. The highest BCUT2D eigenvalue weighted by Crippen LogP contribution is 2.33. The number of hydrogen-bond acceptors (Lipinski definition) is 4. The van der Waals surface area contributed by atoms with Gasteiger partial charge in [0.15, 0.2) is 0 Å². The molecule has 1 N–H and O–H groups in total. The van der Waals surface area contributed by atoms with E-state index < -0.39 is 11.1 Å². The fraction of sp³-hybridized carbons (Fsp3) is 0.312. The van der Waals surface area contributed by atoms with E-state index in [0.29, 0.717) is 22.2 Å². The summed E-state index contributed by atoms with van der Waals surface area (Å²) in [6, 6.07) is 4.86. The van der Waals surface area contributed by atoms with Crippen LogP contribution in [0.3, 0.4) is 0 Å². The predicted molar refractivity (Wildman–Crippen MR) is 97.1 cm³/mol. The molecule has 0 bridgehead atoms. The van der Waals surface area contributed by atoms with Crippen molar-refractivity contribution in [3.63, 3.8) is 0 Å². The lowest BCUT2D eigenvalue weighted by Crippen LogP contribution is -2.39. The molecule has 1 saturated heterocycles. The lowest BCUT2D eigenvalue weighted by Gasteiger charge is -2.12. The minimum Gasteiger partial charge on any atom is -0.355 e. The van der Waals surface area contributed by atoms with Crippen molar-refractivity contribution in [2.24, 2.45) is 0 Å². The Morgan fingerprint density at radius 1 is 1.33 bits per heavy atom. The smallest absolute Gasteiger partial charge is 0.294 e. The van der Waals surface area contributed by atoms with Crippen LogP contribution in [0, 0.1) is 0 Å². The first kappa shape index (κ1) is 18.8. The van der Waals surface area contributed by atoms with Gasteiger partial charge >= 0.3 is 0 Å². The monoisotopic (exact) mass is 386 g/mol. The summed E-state index contributed by atoms with van der Waals surface area (Å²) in [6.45, 7) is 2.26. The minimum atomic E-state index is -0.498. The van der Waals surface area contributed by atoms with Gasteiger partial charge in [0.05, 0.1) is 4.91 Å². The second-order valence-electron chi connectivity index (χ2n) is 5.14. The zero-order chi connectivity index (χ0) is 17.7. The van der Waals surface area contributed by atoms with Crippen LogP contribution in [0.4, 0.5) is 4.79 Å². The molecular weight excluding hydrogens is 371 g/mol. The predicted octanol–water partition coefficient (Wildman–Crippen LogP) is 3.95. The molecule has 0 aromatic heterocycles. The SMILES string of the molecule is CCCCNC(=O)CN1C(=O)S/C(=C\c2ccc(Cl)cc2Cl)C1=O. The third-order valence-electron chi connectivity index (χ3n) is 3.28. The van der Waals surface area contributed by atoms with Gasteiger partial charge in [0.25, 0.3) is 11.1 Å². The van der Waals surface area contributed by atoms with Gasteiger partial charge in [-0.05, 0) is 42.0 Å². The second kappa shape index (κ2) is 8.55. The number of carbonyl (C=O) groups excluding carboxylic acids is 3. The van der Waals surface area contributed by atoms with Gasteiger partial charge < -0.3 is 5.32 Å². The summed E-state index contributed by atoms with van der Waals surface area (Å²) in [5.74, 6) is -0.849. The van der Waals surface area contributed by atoms with Crippen LogP contribution in [0.25, 0.3) is 6.08 Å². The average Bonchev–Trinajstić information content (AvgIpc) is 2.78. The van der Waals surface area contributed by atoms with E-state index in [1.807, 2.05) is 6.92 Å². The standard InChI is InChI=1S/C16H16Cl2N2O3S/c1-2-3-6-19-14(21)9-20-15(22)13(24-16(20)23)7-10-4-5-11(17)8-12(10)18/h4-5,7-8H,2-3,6,9H2,1H3,(H,19,21)/b13-7-. The molecule has 1 aliphatic heterocycles. The molecule has 1 aromatic rings. The third kappa shape index (κ3) is 4.75. The number of nitrogens with zero attached hydrogens (tertiary/aromatic N) is 1. The van der Waals surface area contributed by atoms with Crippen molar-refractivity contribution in [2.45, 2.75) is 19.8 Å². The zero-order valence-corrected chi connectivity index (χ0v) is 15.3. The number of nitrogens with one attached hydrogen (secondary N) is 1. The number of rotatable bonds is 6. The molecule has 5 nitrogen and oxygen atoms in total. The van der Waals surface area contributed by atoms with Gasteiger partial charge in [0, 0.05) is 16.6 Å². The Kier molecular flexibility index (Phi) is 6.71. The Morgan fingerprint density at radius 2 is 2.08 bits per heavy atom. The number of amides is 3. The molecule has 0 unspecified atom stereocenters. The number of halogens is 2. The third-order valence-corrected chi connectivity index (χ3v) is 4.75. The molecule has 8 heteroatoms. The summed E-state index contributed by atoms with van der Waals surface area (Å²) >= 11 is 12.7. The highest BCUT2D eigenvalue weighted by molar-refractivity contribution is 8.18. The highest BCUT2D eigenvalue weighted by Gasteiger charge is 2.36. The molecule has 0 atom stereocenters. The number of unbranched alkanes of at least 4 members (excludes halogenated alkanes) is 1. The summed E-state index contributed by atoms with van der Waals surface area (Å²) in [7, 11) is 0. The molecule has 1 aromatic carbocycles. The quantitative estimate of drug-likeness (QED) is 0.593. The van der Waals surface area contributed by atoms with Crippen LogP contribution in [0.2, 0.25) is 10.0 Å². The maximum Gasteiger partial charge on any atom is 0.294 e. The minimum absolute atomic E-state index is 0.227. The highest BCUT2D eigenvalue weighted by atomic mass is 35.5. The maximum atomic E-state index is 12.3. The number of hydrogen-bond donors (Lipinski definition) is 1. The normalized spacial score (nSPS) is 16.1. The van der Waals surface area contributed by atoms with Crippen LogP contribution in [0.5, 0.6) is 0 Å². The molecule has 0 aliphatic carbocycles. The van der Waals surface area contributed by atoms with E-state index >= 15 is 0 Å². The van der Waals surface area contributed by atoms with Crippen LogP contribution in [0.1, 0.15) is 25.3 Å². The van der Waals surface area contributed by atoms with E-state index in [1.165, 1.54) is 6.08 Å². The largest absolute Gasteiger partial charge is 0.355 e. The first-order valence-corrected chi connectivity index (χ1v) is 8.96. The van der Waals surface area contributed by atoms with Crippen LogP contribution in [0.15, 0.2) is 23.1 Å². The molecule has 128 valence electrons. The van der Waals surface area contributed by atoms with Crippen molar-refractivity contribution in [3.8, 4) is 0 Å². The molecule has 1 fully saturated rings. The summed E-state index contributed by atoms with van der Waals surface area (Å²) in [5.41, 5.74) is 0.582. The second-order valence-corrected chi connectivity index (χ2v) is 6.97. The van der Waals surface area contributed by atoms with Crippen LogP contribution in [-0.2, 0) is 9.59 Å². The van der Waals surface area contributed by atoms with Gasteiger partial charge in [0.2, 0.25) is 5.91 Å². The number of thioether (sulfide) groups is 1. The number of imide groups is 1. The van der Waals surface area contributed by atoms with Crippen molar-refractivity contribution >= 4 is 58.1 Å². The van der Waals surface area contributed by atoms with Crippen molar-refractivity contribution in [1.82, 2.24) is 10.2 Å². The number of benzene rings is 1. The van der Waals surface area contributed by atoms with E-state index in [9.17, 15) is 14.4 Å².